The van der Waals surface area contributed by atoms with Crippen molar-refractivity contribution < 1.29 is 27.0 Å². The average Bonchev–Trinajstić information content (AvgIpc) is 2.79. The average molecular weight is 454 g/mol. The van der Waals surface area contributed by atoms with E-state index in [-0.39, 0.29) is 17.4 Å². The molecule has 0 bridgehead atoms. The summed E-state index contributed by atoms with van der Waals surface area (Å²) < 4.78 is 63.6. The number of rotatable bonds is 8. The largest absolute Gasteiger partial charge is 0.435 e. The summed E-state index contributed by atoms with van der Waals surface area (Å²) in [5.74, 6) is -0.579. The van der Waals surface area contributed by atoms with Gasteiger partial charge in [-0.25, -0.2) is 8.78 Å². The Hall–Kier alpha value is -3.38. The van der Waals surface area contributed by atoms with Gasteiger partial charge in [-0.15, -0.1) is 0 Å². The third-order valence-electron chi connectivity index (χ3n) is 5.52. The van der Waals surface area contributed by atoms with Crippen LogP contribution in [0.25, 0.3) is 21.9 Å². The zero-order valence-corrected chi connectivity index (χ0v) is 18.0. The number of ether oxygens (including phenoxy) is 2. The number of hydrogen-bond acceptors (Lipinski definition) is 2. The fourth-order valence-corrected chi connectivity index (χ4v) is 3.86. The van der Waals surface area contributed by atoms with E-state index >= 15 is 4.39 Å². The van der Waals surface area contributed by atoms with Crippen LogP contribution in [0.4, 0.5) is 17.6 Å². The molecule has 0 saturated heterocycles. The Bertz CT molecular complexity index is 1250. The number of hydrogen-bond donors (Lipinski definition) is 0. The molecular weight excluding hydrogens is 432 g/mol. The zero-order chi connectivity index (χ0) is 23.4. The number of alkyl halides is 2. The quantitative estimate of drug-likeness (QED) is 0.260. The minimum Gasteiger partial charge on any atom is -0.435 e. The van der Waals surface area contributed by atoms with Crippen molar-refractivity contribution in [3.8, 4) is 16.9 Å². The molecule has 0 radical (unpaired) electrons. The Balaban J connectivity index is 1.52. The van der Waals surface area contributed by atoms with E-state index in [2.05, 4.69) is 4.74 Å². The normalized spacial score (nSPS) is 11.3. The summed E-state index contributed by atoms with van der Waals surface area (Å²) in [6.07, 6.45) is 1.00. The lowest BCUT2D eigenvalue weighted by Crippen LogP contribution is -2.02. The van der Waals surface area contributed by atoms with Gasteiger partial charge in [-0.2, -0.15) is 8.78 Å². The van der Waals surface area contributed by atoms with Crippen LogP contribution in [0.3, 0.4) is 0 Å². The summed E-state index contributed by atoms with van der Waals surface area (Å²) in [5, 5.41) is 1.15. The van der Waals surface area contributed by atoms with E-state index in [9.17, 15) is 13.2 Å². The monoisotopic (exact) mass is 454 g/mol. The maximum Gasteiger partial charge on any atom is 0.387 e. The van der Waals surface area contributed by atoms with Crippen molar-refractivity contribution in [2.75, 3.05) is 7.11 Å². The van der Waals surface area contributed by atoms with Crippen molar-refractivity contribution >= 4 is 10.8 Å². The lowest BCUT2D eigenvalue weighted by atomic mass is 9.96. The zero-order valence-electron chi connectivity index (χ0n) is 18.0. The summed E-state index contributed by atoms with van der Waals surface area (Å²) >= 11 is 0. The van der Waals surface area contributed by atoms with Gasteiger partial charge in [-0.3, -0.25) is 0 Å². The Kier molecular flexibility index (Phi) is 6.94. The second kappa shape index (κ2) is 10.0. The first-order valence-corrected chi connectivity index (χ1v) is 10.5. The van der Waals surface area contributed by atoms with Crippen LogP contribution in [-0.4, -0.2) is 13.7 Å². The fraction of sp³-hybridized carbons (Fsp3) is 0.185. The van der Waals surface area contributed by atoms with Gasteiger partial charge in [-0.1, -0.05) is 48.5 Å². The molecule has 0 spiro atoms. The molecule has 2 nitrogen and oxygen atoms in total. The molecule has 0 aliphatic rings. The third kappa shape index (κ3) is 5.34. The minimum atomic E-state index is -2.87. The van der Waals surface area contributed by atoms with Gasteiger partial charge in [-0.05, 0) is 64.7 Å². The topological polar surface area (TPSA) is 18.5 Å². The molecule has 0 fully saturated rings. The van der Waals surface area contributed by atoms with E-state index in [1.54, 1.807) is 49.6 Å². The van der Waals surface area contributed by atoms with Gasteiger partial charge in [0.15, 0.2) is 0 Å². The number of benzene rings is 4. The molecule has 0 aliphatic heterocycles. The molecule has 4 rings (SSSR count). The van der Waals surface area contributed by atoms with Gasteiger partial charge >= 0.3 is 6.61 Å². The molecule has 6 heteroatoms. The van der Waals surface area contributed by atoms with Crippen molar-refractivity contribution in [2.24, 2.45) is 0 Å². The highest BCUT2D eigenvalue weighted by Crippen LogP contribution is 2.30. The second-order valence-corrected chi connectivity index (χ2v) is 7.74. The maximum absolute atomic E-state index is 15.1. The molecule has 0 amide bonds. The molecule has 0 aromatic heterocycles. The van der Waals surface area contributed by atoms with Crippen LogP contribution in [0.5, 0.6) is 5.75 Å². The molecule has 0 unspecified atom stereocenters. The van der Waals surface area contributed by atoms with Crippen molar-refractivity contribution in [2.45, 2.75) is 26.1 Å². The maximum atomic E-state index is 15.1. The number of halogens is 4. The molecule has 0 heterocycles. The van der Waals surface area contributed by atoms with Gasteiger partial charge in [0.05, 0.1) is 6.61 Å². The van der Waals surface area contributed by atoms with Crippen LogP contribution in [0, 0.1) is 11.6 Å². The van der Waals surface area contributed by atoms with Crippen molar-refractivity contribution in [3.63, 3.8) is 0 Å². The molecule has 170 valence electrons. The molecule has 0 atom stereocenters. The van der Waals surface area contributed by atoms with Gasteiger partial charge in [0.1, 0.15) is 17.4 Å². The third-order valence-corrected chi connectivity index (χ3v) is 5.52. The van der Waals surface area contributed by atoms with Crippen LogP contribution in [0.15, 0.2) is 72.8 Å². The highest BCUT2D eigenvalue weighted by molar-refractivity contribution is 5.88. The lowest BCUT2D eigenvalue weighted by Gasteiger charge is -2.11. The summed E-state index contributed by atoms with van der Waals surface area (Å²) in [6.45, 7) is -2.54. The van der Waals surface area contributed by atoms with E-state index in [1.807, 2.05) is 12.1 Å². The SMILES string of the molecule is COCc1ccc(-c2ccc3c(F)c(CCc4ccc(OC(F)F)cc4)ccc3c2)c(F)c1. The smallest absolute Gasteiger partial charge is 0.387 e. The molecule has 0 saturated carbocycles. The van der Waals surface area contributed by atoms with Crippen LogP contribution in [0.1, 0.15) is 16.7 Å². The van der Waals surface area contributed by atoms with E-state index in [4.69, 9.17) is 4.74 Å². The first-order chi connectivity index (χ1) is 15.9. The van der Waals surface area contributed by atoms with Crippen molar-refractivity contribution in [1.29, 1.82) is 0 Å². The second-order valence-electron chi connectivity index (χ2n) is 7.74. The Morgan fingerprint density at radius 1 is 0.788 bits per heavy atom. The fourth-order valence-electron chi connectivity index (χ4n) is 3.86. The standard InChI is InChI=1S/C27H22F4O2/c1-32-16-18-5-12-23(25(28)14-18)20-9-13-24-21(15-20)8-7-19(26(24)29)6-2-17-3-10-22(11-4-17)33-27(30)31/h3-5,7-15,27H,2,6,16H2,1H3. The minimum absolute atomic E-state index is 0.0891. The first kappa shape index (κ1) is 22.8. The summed E-state index contributed by atoms with van der Waals surface area (Å²) in [5.41, 5.74) is 3.30. The van der Waals surface area contributed by atoms with Crippen molar-refractivity contribution in [3.05, 3.63) is 101 Å². The highest BCUT2D eigenvalue weighted by Gasteiger charge is 2.12. The number of fused-ring (bicyclic) bond motifs is 1. The highest BCUT2D eigenvalue weighted by atomic mass is 19.3. The summed E-state index contributed by atoms with van der Waals surface area (Å²) in [6, 6.07) is 20.0. The predicted octanol–water partition coefficient (Wildman–Crippen LogP) is 7.32. The number of methoxy groups -OCH3 is 1. The molecule has 4 aromatic carbocycles. The van der Waals surface area contributed by atoms with E-state index in [0.29, 0.717) is 46.9 Å². The summed E-state index contributed by atoms with van der Waals surface area (Å²) in [4.78, 5) is 0. The van der Waals surface area contributed by atoms with Crippen molar-refractivity contribution in [1.82, 2.24) is 0 Å². The van der Waals surface area contributed by atoms with Crippen LogP contribution in [0.2, 0.25) is 0 Å². The van der Waals surface area contributed by atoms with Gasteiger partial charge in [0, 0.05) is 18.1 Å². The van der Waals surface area contributed by atoms with Gasteiger partial charge < -0.3 is 9.47 Å². The van der Waals surface area contributed by atoms with Crippen LogP contribution in [-0.2, 0) is 24.2 Å². The van der Waals surface area contributed by atoms with E-state index in [1.165, 1.54) is 18.2 Å². The molecule has 0 aliphatic carbocycles. The predicted molar refractivity (Wildman–Crippen MR) is 120 cm³/mol. The van der Waals surface area contributed by atoms with Gasteiger partial charge in [0.25, 0.3) is 0 Å². The first-order valence-electron chi connectivity index (χ1n) is 10.5. The molecular formula is C27H22F4O2. The molecule has 33 heavy (non-hydrogen) atoms. The van der Waals surface area contributed by atoms with Crippen LogP contribution >= 0.6 is 0 Å². The number of aryl methyl sites for hydroxylation is 2. The Morgan fingerprint density at radius 2 is 1.55 bits per heavy atom. The van der Waals surface area contributed by atoms with Gasteiger partial charge in [0.2, 0.25) is 0 Å². The van der Waals surface area contributed by atoms with E-state index in [0.717, 1.165) is 11.1 Å². The lowest BCUT2D eigenvalue weighted by molar-refractivity contribution is -0.0498. The van der Waals surface area contributed by atoms with Crippen LogP contribution < -0.4 is 4.74 Å². The Labute approximate surface area is 189 Å². The molecule has 4 aromatic rings. The van der Waals surface area contributed by atoms with E-state index < -0.39 is 6.61 Å². The molecule has 0 N–H and O–H groups in total. The summed E-state index contributed by atoms with van der Waals surface area (Å²) in [7, 11) is 1.56. The Morgan fingerprint density at radius 3 is 2.24 bits per heavy atom.